The number of thiazole rings is 1. The van der Waals surface area contributed by atoms with Crippen molar-refractivity contribution >= 4 is 23.2 Å². The van der Waals surface area contributed by atoms with E-state index in [4.69, 9.17) is 0 Å². The van der Waals surface area contributed by atoms with Crippen LogP contribution >= 0.6 is 11.3 Å². The second-order valence-electron chi connectivity index (χ2n) is 9.15. The molecular formula is C25H33N3O2S. The summed E-state index contributed by atoms with van der Waals surface area (Å²) in [5, 5.41) is 3.99. The number of carbonyl (C=O) groups excluding carboxylic acids is 2. The summed E-state index contributed by atoms with van der Waals surface area (Å²) in [6.45, 7) is 6.39. The third-order valence-corrected chi connectivity index (χ3v) is 7.53. The molecule has 1 saturated carbocycles. The monoisotopic (exact) mass is 439 g/mol. The van der Waals surface area contributed by atoms with Crippen LogP contribution < -0.4 is 5.32 Å². The minimum absolute atomic E-state index is 0.145. The molecule has 0 radical (unpaired) electrons. The highest BCUT2D eigenvalue weighted by Gasteiger charge is 2.26. The summed E-state index contributed by atoms with van der Waals surface area (Å²) >= 11 is 1.51. The van der Waals surface area contributed by atoms with Crippen LogP contribution in [0.4, 0.5) is 0 Å². The van der Waals surface area contributed by atoms with E-state index in [0.29, 0.717) is 12.3 Å². The van der Waals surface area contributed by atoms with Crippen LogP contribution in [0.15, 0.2) is 24.3 Å². The Labute approximate surface area is 189 Å². The number of aromatic nitrogens is 1. The third kappa shape index (κ3) is 6.16. The second-order valence-corrected chi connectivity index (χ2v) is 10.4. The van der Waals surface area contributed by atoms with Crippen molar-refractivity contribution in [3.05, 3.63) is 51.0 Å². The van der Waals surface area contributed by atoms with Crippen LogP contribution in [0.5, 0.6) is 0 Å². The molecule has 1 aromatic heterocycles. The van der Waals surface area contributed by atoms with Crippen molar-refractivity contribution in [1.82, 2.24) is 15.2 Å². The molecule has 0 spiro atoms. The van der Waals surface area contributed by atoms with E-state index in [0.717, 1.165) is 66.8 Å². The highest BCUT2D eigenvalue weighted by molar-refractivity contribution is 7.13. The van der Waals surface area contributed by atoms with Crippen molar-refractivity contribution in [3.63, 3.8) is 0 Å². The molecule has 6 heteroatoms. The van der Waals surface area contributed by atoms with Gasteiger partial charge in [-0.1, -0.05) is 24.3 Å². The summed E-state index contributed by atoms with van der Waals surface area (Å²) in [6.07, 6.45) is 7.05. The van der Waals surface area contributed by atoms with Gasteiger partial charge in [0.1, 0.15) is 4.88 Å². The fraction of sp³-hybridized carbons (Fsp3) is 0.560. The molecule has 2 aliphatic rings. The highest BCUT2D eigenvalue weighted by atomic mass is 32.1. The average molecular weight is 440 g/mol. The maximum atomic E-state index is 12.8. The van der Waals surface area contributed by atoms with E-state index < -0.39 is 0 Å². The van der Waals surface area contributed by atoms with Gasteiger partial charge in [0.15, 0.2) is 0 Å². The highest BCUT2D eigenvalue weighted by Crippen LogP contribution is 2.28. The fourth-order valence-electron chi connectivity index (χ4n) is 4.32. The van der Waals surface area contributed by atoms with Crippen LogP contribution in [-0.2, 0) is 17.6 Å². The van der Waals surface area contributed by atoms with Gasteiger partial charge in [0.2, 0.25) is 5.91 Å². The summed E-state index contributed by atoms with van der Waals surface area (Å²) in [4.78, 5) is 31.9. The number of piperidine rings is 1. The van der Waals surface area contributed by atoms with Crippen molar-refractivity contribution in [3.8, 4) is 0 Å². The van der Waals surface area contributed by atoms with Crippen LogP contribution in [0.2, 0.25) is 0 Å². The first-order chi connectivity index (χ1) is 15.0. The molecule has 1 aromatic carbocycles. The van der Waals surface area contributed by atoms with Gasteiger partial charge in [-0.25, -0.2) is 4.98 Å². The lowest BCUT2D eigenvalue weighted by Crippen LogP contribution is -2.38. The standard InChI is InChI=1S/C25H33N3O2S/c1-17-24(31-18(2)27-17)25(30)28-13-11-21(12-14-28)15-20-5-3-19(4-6-20)9-10-23(29)26-16-22-7-8-22/h3-6,21-22H,7-16H2,1-2H3,(H,26,29). The van der Waals surface area contributed by atoms with E-state index in [-0.39, 0.29) is 11.8 Å². The zero-order valence-electron chi connectivity index (χ0n) is 18.7. The Morgan fingerprint density at radius 2 is 1.71 bits per heavy atom. The molecule has 1 aliphatic heterocycles. The van der Waals surface area contributed by atoms with Gasteiger partial charge in [0.25, 0.3) is 5.91 Å². The molecule has 0 bridgehead atoms. The minimum atomic E-state index is 0.145. The summed E-state index contributed by atoms with van der Waals surface area (Å²) in [7, 11) is 0. The first-order valence-corrected chi connectivity index (χ1v) is 12.4. The molecule has 2 heterocycles. The molecule has 1 N–H and O–H groups in total. The largest absolute Gasteiger partial charge is 0.356 e. The number of likely N-dealkylation sites (tertiary alicyclic amines) is 1. The third-order valence-electron chi connectivity index (χ3n) is 6.47. The maximum absolute atomic E-state index is 12.8. The Morgan fingerprint density at radius 3 is 2.32 bits per heavy atom. The van der Waals surface area contributed by atoms with Gasteiger partial charge in [0, 0.05) is 26.1 Å². The van der Waals surface area contributed by atoms with Gasteiger partial charge in [0.05, 0.1) is 10.7 Å². The number of nitrogens with one attached hydrogen (secondary N) is 1. The van der Waals surface area contributed by atoms with Crippen LogP contribution in [0.1, 0.15) is 63.6 Å². The Bertz CT molecular complexity index is 909. The van der Waals surface area contributed by atoms with Crippen LogP contribution in [0.25, 0.3) is 0 Å². The van der Waals surface area contributed by atoms with Gasteiger partial charge in [-0.05, 0) is 75.3 Å². The Balaban J connectivity index is 1.20. The van der Waals surface area contributed by atoms with E-state index in [1.54, 1.807) is 0 Å². The van der Waals surface area contributed by atoms with E-state index in [9.17, 15) is 9.59 Å². The summed E-state index contributed by atoms with van der Waals surface area (Å²) < 4.78 is 0. The summed E-state index contributed by atoms with van der Waals surface area (Å²) in [5.74, 6) is 1.66. The van der Waals surface area contributed by atoms with Crippen molar-refractivity contribution in [2.75, 3.05) is 19.6 Å². The van der Waals surface area contributed by atoms with Crippen LogP contribution in [0, 0.1) is 25.7 Å². The molecule has 2 fully saturated rings. The molecule has 0 atom stereocenters. The fourth-order valence-corrected chi connectivity index (χ4v) is 5.20. The topological polar surface area (TPSA) is 62.3 Å². The minimum Gasteiger partial charge on any atom is -0.356 e. The molecule has 2 amide bonds. The SMILES string of the molecule is Cc1nc(C)c(C(=O)N2CCC(Cc3ccc(CCC(=O)NCC4CC4)cc3)CC2)s1. The lowest BCUT2D eigenvalue weighted by Gasteiger charge is -2.32. The van der Waals surface area contributed by atoms with E-state index in [1.165, 1.54) is 35.3 Å². The van der Waals surface area contributed by atoms with Gasteiger partial charge >= 0.3 is 0 Å². The predicted molar refractivity (Wildman–Crippen MR) is 124 cm³/mol. The van der Waals surface area contributed by atoms with Gasteiger partial charge in [-0.15, -0.1) is 11.3 Å². The molecule has 1 saturated heterocycles. The van der Waals surface area contributed by atoms with E-state index in [2.05, 4.69) is 34.6 Å². The van der Waals surface area contributed by atoms with Crippen LogP contribution in [-0.4, -0.2) is 41.3 Å². The first kappa shape index (κ1) is 22.0. The second kappa shape index (κ2) is 9.94. The van der Waals surface area contributed by atoms with Gasteiger partial charge < -0.3 is 10.2 Å². The number of benzene rings is 1. The van der Waals surface area contributed by atoms with Crippen molar-refractivity contribution < 1.29 is 9.59 Å². The number of rotatable bonds is 8. The van der Waals surface area contributed by atoms with E-state index >= 15 is 0 Å². The molecule has 0 unspecified atom stereocenters. The lowest BCUT2D eigenvalue weighted by atomic mass is 9.89. The molecular weight excluding hydrogens is 406 g/mol. The number of nitrogens with zero attached hydrogens (tertiary/aromatic N) is 2. The maximum Gasteiger partial charge on any atom is 0.265 e. The number of hydrogen-bond acceptors (Lipinski definition) is 4. The van der Waals surface area contributed by atoms with Crippen molar-refractivity contribution in [2.24, 2.45) is 11.8 Å². The van der Waals surface area contributed by atoms with Crippen molar-refractivity contribution in [1.29, 1.82) is 0 Å². The molecule has 2 aromatic rings. The molecule has 31 heavy (non-hydrogen) atoms. The normalized spacial score (nSPS) is 17.0. The zero-order chi connectivity index (χ0) is 21.8. The average Bonchev–Trinajstić information content (AvgIpc) is 3.54. The Morgan fingerprint density at radius 1 is 1.03 bits per heavy atom. The number of aryl methyl sites for hydroxylation is 3. The molecule has 4 rings (SSSR count). The smallest absolute Gasteiger partial charge is 0.265 e. The zero-order valence-corrected chi connectivity index (χ0v) is 19.5. The van der Waals surface area contributed by atoms with Gasteiger partial charge in [-0.2, -0.15) is 0 Å². The predicted octanol–water partition coefficient (Wildman–Crippen LogP) is 4.31. The number of carbonyl (C=O) groups is 2. The first-order valence-electron chi connectivity index (χ1n) is 11.6. The number of amides is 2. The van der Waals surface area contributed by atoms with E-state index in [1.807, 2.05) is 18.7 Å². The Hall–Kier alpha value is -2.21. The summed E-state index contributed by atoms with van der Waals surface area (Å²) in [6, 6.07) is 8.74. The summed E-state index contributed by atoms with van der Waals surface area (Å²) in [5.41, 5.74) is 3.43. The quantitative estimate of drug-likeness (QED) is 0.667. The Kier molecular flexibility index (Phi) is 7.06. The molecule has 5 nitrogen and oxygen atoms in total. The van der Waals surface area contributed by atoms with Gasteiger partial charge in [-0.3, -0.25) is 9.59 Å². The molecule has 1 aliphatic carbocycles. The lowest BCUT2D eigenvalue weighted by molar-refractivity contribution is -0.121. The van der Waals surface area contributed by atoms with Crippen molar-refractivity contribution in [2.45, 2.75) is 58.8 Å². The molecule has 166 valence electrons. The number of hydrogen-bond donors (Lipinski definition) is 1. The van der Waals surface area contributed by atoms with Crippen LogP contribution in [0.3, 0.4) is 0 Å².